The smallest absolute Gasteiger partial charge is 0.221 e. The summed E-state index contributed by atoms with van der Waals surface area (Å²) >= 11 is 6.50. The van der Waals surface area contributed by atoms with Crippen LogP contribution < -0.4 is 0 Å². The number of ketones is 1. The third kappa shape index (κ3) is 3.18. The maximum atomic E-state index is 13.0. The van der Waals surface area contributed by atoms with Gasteiger partial charge in [-0.25, -0.2) is 13.1 Å². The summed E-state index contributed by atoms with van der Waals surface area (Å²) in [5.74, 6) is -0.750. The van der Waals surface area contributed by atoms with E-state index in [1.54, 1.807) is 6.92 Å². The predicted molar refractivity (Wildman–Crippen MR) is 102 cm³/mol. The van der Waals surface area contributed by atoms with Crippen LogP contribution >= 0.6 is 11.6 Å². The van der Waals surface area contributed by atoms with Crippen molar-refractivity contribution in [3.63, 3.8) is 0 Å². The van der Waals surface area contributed by atoms with Crippen molar-refractivity contribution in [2.75, 3.05) is 6.26 Å². The van der Waals surface area contributed by atoms with Crippen LogP contribution in [0.5, 0.6) is 5.88 Å². The predicted octanol–water partition coefficient (Wildman–Crippen LogP) is 3.05. The Bertz CT molecular complexity index is 1120. The molecule has 0 radical (unpaired) electrons. The summed E-state index contributed by atoms with van der Waals surface area (Å²) in [6.45, 7) is 1.76. The fourth-order valence-electron chi connectivity index (χ4n) is 3.27. The van der Waals surface area contributed by atoms with Crippen LogP contribution in [0, 0.1) is 0 Å². The number of rotatable bonds is 5. The first kappa shape index (κ1) is 18.9. The van der Waals surface area contributed by atoms with Gasteiger partial charge in [-0.15, -0.1) is 0 Å². The largest absolute Gasteiger partial charge is 0.493 e. The first-order chi connectivity index (χ1) is 13.2. The van der Waals surface area contributed by atoms with E-state index < -0.39 is 21.7 Å². The molecule has 0 spiro atoms. The molecule has 1 aliphatic carbocycles. The number of carbonyl (C=O) groups is 1. The molecule has 8 nitrogen and oxygen atoms in total. The minimum atomic E-state index is -3.62. The highest BCUT2D eigenvalue weighted by Gasteiger charge is 2.34. The minimum Gasteiger partial charge on any atom is -0.493 e. The molecule has 1 aromatic carbocycles. The zero-order valence-electron chi connectivity index (χ0n) is 15.2. The molecule has 4 rings (SSSR count). The van der Waals surface area contributed by atoms with E-state index in [0.717, 1.165) is 19.1 Å². The molecule has 1 aromatic heterocycles. The molecule has 2 aliphatic rings. The molecule has 0 bridgehead atoms. The fourth-order valence-corrected chi connectivity index (χ4v) is 4.65. The van der Waals surface area contributed by atoms with Gasteiger partial charge in [-0.3, -0.25) is 4.79 Å². The van der Waals surface area contributed by atoms with Crippen LogP contribution in [-0.4, -0.2) is 41.1 Å². The van der Waals surface area contributed by atoms with Crippen LogP contribution in [0.3, 0.4) is 0 Å². The lowest BCUT2D eigenvalue weighted by molar-refractivity contribution is 0.0836. The molecular weight excluding hydrogens is 406 g/mol. The van der Waals surface area contributed by atoms with E-state index in [4.69, 9.17) is 16.4 Å². The number of hydrogen-bond acceptors (Lipinski definition) is 7. The second-order valence-electron chi connectivity index (χ2n) is 7.12. The van der Waals surface area contributed by atoms with Gasteiger partial charge in [0.15, 0.2) is 15.9 Å². The van der Waals surface area contributed by atoms with E-state index in [2.05, 4.69) is 10.3 Å². The SMILES string of the molecule is CC1=NOC(c2c(S(C)(=O)=O)ccc(C(=O)c3cnn(C4CC4)c3O)c2Cl)C1. The van der Waals surface area contributed by atoms with Gasteiger partial charge in [0, 0.05) is 23.8 Å². The summed E-state index contributed by atoms with van der Waals surface area (Å²) in [4.78, 5) is 18.3. The Balaban J connectivity index is 1.81. The highest BCUT2D eigenvalue weighted by atomic mass is 35.5. The molecule has 1 saturated carbocycles. The quantitative estimate of drug-likeness (QED) is 0.740. The van der Waals surface area contributed by atoms with Crippen molar-refractivity contribution in [3.8, 4) is 5.88 Å². The third-order valence-corrected chi connectivity index (χ3v) is 6.39. The zero-order chi connectivity index (χ0) is 20.2. The summed E-state index contributed by atoms with van der Waals surface area (Å²) in [7, 11) is -3.62. The maximum Gasteiger partial charge on any atom is 0.221 e. The van der Waals surface area contributed by atoms with Gasteiger partial charge in [0.1, 0.15) is 5.56 Å². The Morgan fingerprint density at radius 1 is 1.32 bits per heavy atom. The molecule has 0 saturated heterocycles. The number of oxime groups is 1. The number of aromatic hydroxyl groups is 1. The van der Waals surface area contributed by atoms with Gasteiger partial charge in [-0.1, -0.05) is 16.8 Å². The Kier molecular flexibility index (Phi) is 4.46. The molecule has 10 heteroatoms. The van der Waals surface area contributed by atoms with Crippen molar-refractivity contribution >= 4 is 32.9 Å². The van der Waals surface area contributed by atoms with Gasteiger partial charge in [-0.2, -0.15) is 5.10 Å². The molecule has 28 heavy (non-hydrogen) atoms. The number of nitrogens with zero attached hydrogens (tertiary/aromatic N) is 3. The molecule has 1 aliphatic heterocycles. The fraction of sp³-hybridized carbons (Fsp3) is 0.389. The van der Waals surface area contributed by atoms with Crippen LogP contribution in [0.4, 0.5) is 0 Å². The van der Waals surface area contributed by atoms with E-state index in [-0.39, 0.29) is 38.5 Å². The van der Waals surface area contributed by atoms with Crippen molar-refractivity contribution in [2.45, 2.75) is 43.2 Å². The van der Waals surface area contributed by atoms with Gasteiger partial charge in [0.05, 0.1) is 27.9 Å². The summed E-state index contributed by atoms with van der Waals surface area (Å²) in [6, 6.07) is 2.79. The molecule has 2 heterocycles. The minimum absolute atomic E-state index is 0.0122. The topological polar surface area (TPSA) is 111 Å². The number of aromatic nitrogens is 2. The highest BCUT2D eigenvalue weighted by molar-refractivity contribution is 7.90. The molecule has 0 amide bonds. The number of benzene rings is 1. The van der Waals surface area contributed by atoms with E-state index >= 15 is 0 Å². The van der Waals surface area contributed by atoms with Crippen molar-refractivity contribution in [3.05, 3.63) is 40.0 Å². The van der Waals surface area contributed by atoms with Gasteiger partial charge < -0.3 is 9.94 Å². The van der Waals surface area contributed by atoms with Crippen LogP contribution in [-0.2, 0) is 14.7 Å². The van der Waals surface area contributed by atoms with E-state index in [0.29, 0.717) is 12.1 Å². The molecule has 148 valence electrons. The summed E-state index contributed by atoms with van der Waals surface area (Å²) in [5.41, 5.74) is 0.986. The molecule has 1 N–H and O–H groups in total. The maximum absolute atomic E-state index is 13.0. The molecular formula is C18H18ClN3O5S. The van der Waals surface area contributed by atoms with Crippen LogP contribution in [0.2, 0.25) is 5.02 Å². The number of carbonyl (C=O) groups excluding carboxylic acids is 1. The van der Waals surface area contributed by atoms with Gasteiger partial charge in [0.2, 0.25) is 11.7 Å². The molecule has 1 fully saturated rings. The van der Waals surface area contributed by atoms with Crippen molar-refractivity contribution in [2.24, 2.45) is 5.16 Å². The van der Waals surface area contributed by atoms with Crippen LogP contribution in [0.25, 0.3) is 0 Å². The first-order valence-electron chi connectivity index (χ1n) is 8.71. The second kappa shape index (κ2) is 6.59. The Morgan fingerprint density at radius 2 is 2.04 bits per heavy atom. The number of halogens is 1. The van der Waals surface area contributed by atoms with Crippen molar-refractivity contribution in [1.29, 1.82) is 0 Å². The highest BCUT2D eigenvalue weighted by Crippen LogP contribution is 2.41. The second-order valence-corrected chi connectivity index (χ2v) is 9.48. The lowest BCUT2D eigenvalue weighted by Gasteiger charge is -2.17. The average molecular weight is 424 g/mol. The lowest BCUT2D eigenvalue weighted by atomic mass is 9.98. The van der Waals surface area contributed by atoms with Gasteiger partial charge in [-0.05, 0) is 31.9 Å². The van der Waals surface area contributed by atoms with Crippen molar-refractivity contribution < 1.29 is 23.2 Å². The van der Waals surface area contributed by atoms with Gasteiger partial charge in [0.25, 0.3) is 0 Å². The summed E-state index contributed by atoms with van der Waals surface area (Å²) < 4.78 is 25.9. The monoisotopic (exact) mass is 423 g/mol. The molecule has 2 aromatic rings. The Morgan fingerprint density at radius 3 is 2.61 bits per heavy atom. The third-order valence-electron chi connectivity index (χ3n) is 4.83. The van der Waals surface area contributed by atoms with Gasteiger partial charge >= 0.3 is 0 Å². The summed E-state index contributed by atoms with van der Waals surface area (Å²) in [5, 5.41) is 18.3. The van der Waals surface area contributed by atoms with E-state index in [1.807, 2.05) is 0 Å². The normalized spacial score (nSPS) is 19.4. The van der Waals surface area contributed by atoms with Crippen LogP contribution in [0.1, 0.15) is 59.8 Å². The summed E-state index contributed by atoms with van der Waals surface area (Å²) in [6.07, 6.45) is 3.83. The Hall–Kier alpha value is -2.39. The first-order valence-corrected chi connectivity index (χ1v) is 11.0. The lowest BCUT2D eigenvalue weighted by Crippen LogP contribution is -2.12. The van der Waals surface area contributed by atoms with Crippen LogP contribution in [0.15, 0.2) is 28.4 Å². The Labute approximate surface area is 166 Å². The average Bonchev–Trinajstić information content (AvgIpc) is 3.26. The molecule has 1 atom stereocenters. The van der Waals surface area contributed by atoms with Crippen molar-refractivity contribution in [1.82, 2.24) is 9.78 Å². The van der Waals surface area contributed by atoms with E-state index in [9.17, 15) is 18.3 Å². The zero-order valence-corrected chi connectivity index (χ0v) is 16.8. The van der Waals surface area contributed by atoms with E-state index in [1.165, 1.54) is 23.0 Å². The number of sulfone groups is 1. The standard InChI is InChI=1S/C18H18ClN3O5S/c1-9-7-13(27-21-9)15-14(28(2,25)26)6-5-11(16(15)19)17(23)12-8-20-22(18(12)24)10-3-4-10/h5-6,8,10,13,24H,3-4,7H2,1-2H3. The molecule has 1 unspecified atom stereocenters. The number of hydrogen-bond donors (Lipinski definition) is 1.